The molecule has 0 fully saturated rings. The summed E-state index contributed by atoms with van der Waals surface area (Å²) in [7, 11) is 1.57. The third-order valence-electron chi connectivity index (χ3n) is 4.19. The fourth-order valence-corrected chi connectivity index (χ4v) is 3.20. The molecule has 28 heavy (non-hydrogen) atoms. The molecular weight excluding hydrogens is 374 g/mol. The first kappa shape index (κ1) is 19.6. The Bertz CT molecular complexity index is 918. The first-order chi connectivity index (χ1) is 13.6. The van der Waals surface area contributed by atoms with E-state index in [1.807, 2.05) is 31.2 Å². The molecule has 0 spiro atoms. The largest absolute Gasteiger partial charge is 0.497 e. The Hall–Kier alpha value is -3.12. The Morgan fingerprint density at radius 3 is 2.36 bits per heavy atom. The predicted octanol–water partition coefficient (Wildman–Crippen LogP) is 4.28. The van der Waals surface area contributed by atoms with Crippen molar-refractivity contribution in [3.05, 3.63) is 87.6 Å². The van der Waals surface area contributed by atoms with Crippen molar-refractivity contribution in [1.29, 1.82) is 0 Å². The van der Waals surface area contributed by atoms with Gasteiger partial charge in [-0.3, -0.25) is 4.79 Å². The number of carbonyl (C=O) groups excluding carboxylic acids is 2. The van der Waals surface area contributed by atoms with Gasteiger partial charge in [0, 0.05) is 12.1 Å². The minimum Gasteiger partial charge on any atom is -0.497 e. The Morgan fingerprint density at radius 1 is 1.04 bits per heavy atom. The zero-order valence-electron chi connectivity index (χ0n) is 15.7. The molecule has 1 N–H and O–H groups in total. The Morgan fingerprint density at radius 2 is 1.75 bits per heavy atom. The molecule has 0 aliphatic heterocycles. The topological polar surface area (TPSA) is 64.6 Å². The van der Waals surface area contributed by atoms with Crippen LogP contribution < -0.4 is 10.1 Å². The van der Waals surface area contributed by atoms with E-state index in [4.69, 9.17) is 9.47 Å². The highest BCUT2D eigenvalue weighted by Gasteiger charge is 2.26. The van der Waals surface area contributed by atoms with Gasteiger partial charge in [0.05, 0.1) is 7.11 Å². The van der Waals surface area contributed by atoms with Crippen molar-refractivity contribution >= 4 is 23.2 Å². The van der Waals surface area contributed by atoms with Crippen LogP contribution in [-0.4, -0.2) is 19.0 Å². The van der Waals surface area contributed by atoms with E-state index in [1.54, 1.807) is 48.9 Å². The molecule has 0 saturated carbocycles. The molecule has 6 heteroatoms. The second-order valence-corrected chi connectivity index (χ2v) is 7.19. The molecule has 0 aliphatic rings. The maximum absolute atomic E-state index is 12.8. The SMILES string of the molecule is COc1ccc([C@@H](OC(=O)c2cccs2)C(=O)NCc2ccc(C)cc2)cc1. The van der Waals surface area contributed by atoms with Gasteiger partial charge in [-0.2, -0.15) is 0 Å². The highest BCUT2D eigenvalue weighted by Crippen LogP contribution is 2.23. The van der Waals surface area contributed by atoms with Crippen LogP contribution in [0.25, 0.3) is 0 Å². The van der Waals surface area contributed by atoms with E-state index in [0.29, 0.717) is 22.7 Å². The minimum atomic E-state index is -1.05. The zero-order chi connectivity index (χ0) is 19.9. The summed E-state index contributed by atoms with van der Waals surface area (Å²) >= 11 is 1.27. The number of thiophene rings is 1. The van der Waals surface area contributed by atoms with E-state index >= 15 is 0 Å². The van der Waals surface area contributed by atoms with E-state index in [9.17, 15) is 9.59 Å². The van der Waals surface area contributed by atoms with Crippen LogP contribution in [0.4, 0.5) is 0 Å². The van der Waals surface area contributed by atoms with Crippen LogP contribution in [0.1, 0.15) is 32.5 Å². The highest BCUT2D eigenvalue weighted by atomic mass is 32.1. The lowest BCUT2D eigenvalue weighted by atomic mass is 10.1. The van der Waals surface area contributed by atoms with E-state index in [2.05, 4.69) is 5.32 Å². The Kier molecular flexibility index (Phi) is 6.45. The van der Waals surface area contributed by atoms with Gasteiger partial charge in [-0.05, 0) is 36.1 Å². The van der Waals surface area contributed by atoms with Gasteiger partial charge in [-0.15, -0.1) is 11.3 Å². The van der Waals surface area contributed by atoms with Gasteiger partial charge < -0.3 is 14.8 Å². The molecule has 1 heterocycles. The number of methoxy groups -OCH3 is 1. The van der Waals surface area contributed by atoms with Gasteiger partial charge in [0.1, 0.15) is 10.6 Å². The summed E-state index contributed by atoms with van der Waals surface area (Å²) in [6.07, 6.45) is -1.05. The summed E-state index contributed by atoms with van der Waals surface area (Å²) in [5.74, 6) is -0.246. The third-order valence-corrected chi connectivity index (χ3v) is 5.04. The van der Waals surface area contributed by atoms with Crippen LogP contribution in [0, 0.1) is 6.92 Å². The van der Waals surface area contributed by atoms with Gasteiger partial charge in [0.25, 0.3) is 5.91 Å². The van der Waals surface area contributed by atoms with Crippen LogP contribution >= 0.6 is 11.3 Å². The van der Waals surface area contributed by atoms with Crippen molar-refractivity contribution in [3.8, 4) is 5.75 Å². The number of rotatable bonds is 7. The van der Waals surface area contributed by atoms with E-state index in [1.165, 1.54) is 11.3 Å². The predicted molar refractivity (Wildman–Crippen MR) is 108 cm³/mol. The lowest BCUT2D eigenvalue weighted by Crippen LogP contribution is -2.31. The number of esters is 1. The number of hydrogen-bond donors (Lipinski definition) is 1. The summed E-state index contributed by atoms with van der Waals surface area (Å²) in [6, 6.07) is 18.2. The molecule has 3 rings (SSSR count). The molecule has 144 valence electrons. The Balaban J connectivity index is 1.76. The number of carbonyl (C=O) groups is 2. The van der Waals surface area contributed by atoms with Gasteiger partial charge in [-0.25, -0.2) is 4.79 Å². The van der Waals surface area contributed by atoms with E-state index < -0.39 is 12.1 Å². The Labute approximate surface area is 167 Å². The number of benzene rings is 2. The standard InChI is InChI=1S/C22H21NO4S/c1-15-5-7-16(8-6-15)14-23-21(24)20(17-9-11-18(26-2)12-10-17)27-22(25)19-4-3-13-28-19/h3-13,20H,14H2,1-2H3,(H,23,24)/t20-/m1/s1. The smallest absolute Gasteiger partial charge is 0.349 e. The fourth-order valence-electron chi connectivity index (χ4n) is 2.60. The molecule has 2 aromatic carbocycles. The molecule has 0 aliphatic carbocycles. The van der Waals surface area contributed by atoms with Gasteiger partial charge >= 0.3 is 5.97 Å². The van der Waals surface area contributed by atoms with Crippen LogP contribution in [-0.2, 0) is 16.1 Å². The number of aryl methyl sites for hydroxylation is 1. The number of ether oxygens (including phenoxy) is 2. The average Bonchev–Trinajstić information content (AvgIpc) is 3.26. The zero-order valence-corrected chi connectivity index (χ0v) is 16.5. The summed E-state index contributed by atoms with van der Waals surface area (Å²) in [5.41, 5.74) is 2.69. The number of amides is 1. The highest BCUT2D eigenvalue weighted by molar-refractivity contribution is 7.11. The fraction of sp³-hybridized carbons (Fsp3) is 0.182. The molecule has 5 nitrogen and oxygen atoms in total. The van der Waals surface area contributed by atoms with Crippen LogP contribution in [0.15, 0.2) is 66.0 Å². The van der Waals surface area contributed by atoms with Crippen molar-refractivity contribution < 1.29 is 19.1 Å². The second-order valence-electron chi connectivity index (χ2n) is 6.24. The average molecular weight is 395 g/mol. The first-order valence-electron chi connectivity index (χ1n) is 8.78. The number of nitrogens with one attached hydrogen (secondary N) is 1. The monoisotopic (exact) mass is 395 g/mol. The van der Waals surface area contributed by atoms with Crippen LogP contribution in [0.5, 0.6) is 5.75 Å². The van der Waals surface area contributed by atoms with Crippen molar-refractivity contribution in [1.82, 2.24) is 5.32 Å². The first-order valence-corrected chi connectivity index (χ1v) is 9.66. The molecule has 0 bridgehead atoms. The normalized spacial score (nSPS) is 11.5. The lowest BCUT2D eigenvalue weighted by molar-refractivity contribution is -0.130. The molecule has 1 atom stereocenters. The third kappa shape index (κ3) is 4.98. The van der Waals surface area contributed by atoms with E-state index in [-0.39, 0.29) is 5.91 Å². The lowest BCUT2D eigenvalue weighted by Gasteiger charge is -2.18. The second kappa shape index (κ2) is 9.19. The molecule has 1 amide bonds. The minimum absolute atomic E-state index is 0.350. The van der Waals surface area contributed by atoms with E-state index in [0.717, 1.165) is 11.1 Å². The summed E-state index contributed by atoms with van der Waals surface area (Å²) < 4.78 is 10.7. The van der Waals surface area contributed by atoms with Crippen LogP contribution in [0.2, 0.25) is 0 Å². The molecule has 0 radical (unpaired) electrons. The van der Waals surface area contributed by atoms with Crippen LogP contribution in [0.3, 0.4) is 0 Å². The molecule has 1 aromatic heterocycles. The molecular formula is C22H21NO4S. The van der Waals surface area contributed by atoms with Gasteiger partial charge in [0.2, 0.25) is 6.10 Å². The van der Waals surface area contributed by atoms with Crippen molar-refractivity contribution in [2.24, 2.45) is 0 Å². The summed E-state index contributed by atoms with van der Waals surface area (Å²) in [6.45, 7) is 2.36. The summed E-state index contributed by atoms with van der Waals surface area (Å²) in [5, 5.41) is 4.64. The van der Waals surface area contributed by atoms with Crippen molar-refractivity contribution in [3.63, 3.8) is 0 Å². The molecule has 3 aromatic rings. The van der Waals surface area contributed by atoms with Gasteiger partial charge in [-0.1, -0.05) is 48.0 Å². The quantitative estimate of drug-likeness (QED) is 0.607. The summed E-state index contributed by atoms with van der Waals surface area (Å²) in [4.78, 5) is 25.7. The molecule has 0 unspecified atom stereocenters. The number of hydrogen-bond acceptors (Lipinski definition) is 5. The maximum atomic E-state index is 12.8. The maximum Gasteiger partial charge on any atom is 0.349 e. The van der Waals surface area contributed by atoms with Crippen molar-refractivity contribution in [2.45, 2.75) is 19.6 Å². The van der Waals surface area contributed by atoms with Crippen molar-refractivity contribution in [2.75, 3.05) is 7.11 Å². The molecule has 0 saturated heterocycles. The van der Waals surface area contributed by atoms with Gasteiger partial charge in [0.15, 0.2) is 0 Å².